The number of amides is 1. The summed E-state index contributed by atoms with van der Waals surface area (Å²) in [6.45, 7) is 4.01. The van der Waals surface area contributed by atoms with Gasteiger partial charge in [0.05, 0.1) is 21.8 Å². The molecule has 3 rings (SSSR count). The average molecular weight is 357 g/mol. The predicted molar refractivity (Wildman–Crippen MR) is 99.7 cm³/mol. The van der Waals surface area contributed by atoms with Gasteiger partial charge in [0.1, 0.15) is 0 Å². The summed E-state index contributed by atoms with van der Waals surface area (Å²) in [7, 11) is 0. The van der Waals surface area contributed by atoms with Crippen molar-refractivity contribution in [3.8, 4) is 11.3 Å². The molecule has 1 amide bonds. The Labute approximate surface area is 149 Å². The summed E-state index contributed by atoms with van der Waals surface area (Å²) in [5, 5.41) is 4.63. The minimum absolute atomic E-state index is 0.181. The normalized spacial score (nSPS) is 10.6. The molecular formula is C19H14Cl2N2O. The minimum Gasteiger partial charge on any atom is -0.349 e. The first-order valence-electron chi connectivity index (χ1n) is 7.34. The summed E-state index contributed by atoms with van der Waals surface area (Å²) in [4.78, 5) is 17.1. The molecule has 0 saturated carbocycles. The Hall–Kier alpha value is -2.36. The van der Waals surface area contributed by atoms with Gasteiger partial charge in [-0.15, -0.1) is 6.58 Å². The number of carbonyl (C=O) groups is 1. The van der Waals surface area contributed by atoms with E-state index >= 15 is 0 Å². The standard InChI is InChI=1S/C19H14Cl2N2O/c1-2-9-22-19(24)15-11-18(14-8-7-12(20)10-16(14)21)23-17-6-4-3-5-13(15)17/h2-8,10-11H,1,9H2,(H,22,24). The quantitative estimate of drug-likeness (QED) is 0.658. The molecule has 0 saturated heterocycles. The van der Waals surface area contributed by atoms with Gasteiger partial charge >= 0.3 is 0 Å². The first-order valence-corrected chi connectivity index (χ1v) is 8.10. The maximum Gasteiger partial charge on any atom is 0.252 e. The van der Waals surface area contributed by atoms with Gasteiger partial charge in [0, 0.05) is 22.5 Å². The van der Waals surface area contributed by atoms with Crippen molar-refractivity contribution in [1.82, 2.24) is 10.3 Å². The van der Waals surface area contributed by atoms with Crippen molar-refractivity contribution >= 4 is 40.0 Å². The molecule has 0 radical (unpaired) electrons. The van der Waals surface area contributed by atoms with Crippen LogP contribution >= 0.6 is 23.2 Å². The van der Waals surface area contributed by atoms with Crippen LogP contribution in [0.2, 0.25) is 10.0 Å². The maximum atomic E-state index is 12.5. The zero-order valence-electron chi connectivity index (χ0n) is 12.7. The van der Waals surface area contributed by atoms with Gasteiger partial charge in [0.25, 0.3) is 5.91 Å². The average Bonchev–Trinajstić information content (AvgIpc) is 2.58. The second-order valence-corrected chi connectivity index (χ2v) is 6.04. The smallest absolute Gasteiger partial charge is 0.252 e. The SMILES string of the molecule is C=CCNC(=O)c1cc(-c2ccc(Cl)cc2Cl)nc2ccccc12. The highest BCUT2D eigenvalue weighted by molar-refractivity contribution is 6.36. The minimum atomic E-state index is -0.181. The van der Waals surface area contributed by atoms with E-state index in [9.17, 15) is 4.79 Å². The van der Waals surface area contributed by atoms with Crippen LogP contribution in [-0.4, -0.2) is 17.4 Å². The number of pyridine rings is 1. The molecule has 1 aromatic heterocycles. The number of hydrogen-bond donors (Lipinski definition) is 1. The van der Waals surface area contributed by atoms with Gasteiger partial charge in [0.15, 0.2) is 0 Å². The lowest BCUT2D eigenvalue weighted by atomic mass is 10.0. The molecule has 1 heterocycles. The Morgan fingerprint density at radius 2 is 1.96 bits per heavy atom. The molecule has 0 aliphatic carbocycles. The van der Waals surface area contributed by atoms with Gasteiger partial charge in [-0.25, -0.2) is 4.98 Å². The second-order valence-electron chi connectivity index (χ2n) is 5.20. The van der Waals surface area contributed by atoms with Crippen LogP contribution in [0.15, 0.2) is 61.2 Å². The van der Waals surface area contributed by atoms with E-state index in [1.165, 1.54) is 0 Å². The summed E-state index contributed by atoms with van der Waals surface area (Å²) in [5.41, 5.74) is 2.62. The summed E-state index contributed by atoms with van der Waals surface area (Å²) >= 11 is 12.3. The number of hydrogen-bond acceptors (Lipinski definition) is 2. The fourth-order valence-corrected chi connectivity index (χ4v) is 2.96. The maximum absolute atomic E-state index is 12.5. The molecule has 1 N–H and O–H groups in total. The van der Waals surface area contributed by atoms with Gasteiger partial charge in [-0.1, -0.05) is 47.5 Å². The molecule has 120 valence electrons. The van der Waals surface area contributed by atoms with Gasteiger partial charge in [-0.2, -0.15) is 0 Å². The van der Waals surface area contributed by atoms with Gasteiger partial charge < -0.3 is 5.32 Å². The van der Waals surface area contributed by atoms with Crippen LogP contribution in [0.25, 0.3) is 22.2 Å². The number of fused-ring (bicyclic) bond motifs is 1. The second kappa shape index (κ2) is 7.04. The summed E-state index contributed by atoms with van der Waals surface area (Å²) in [6, 6.07) is 14.5. The molecule has 3 nitrogen and oxygen atoms in total. The van der Waals surface area contributed by atoms with Crippen molar-refractivity contribution in [2.75, 3.05) is 6.54 Å². The third-order valence-electron chi connectivity index (χ3n) is 3.57. The Morgan fingerprint density at radius 3 is 2.71 bits per heavy atom. The molecule has 0 unspecified atom stereocenters. The Balaban J connectivity index is 2.19. The third-order valence-corrected chi connectivity index (χ3v) is 4.12. The fourth-order valence-electron chi connectivity index (χ4n) is 2.46. The molecule has 0 spiro atoms. The highest BCUT2D eigenvalue weighted by atomic mass is 35.5. The van der Waals surface area contributed by atoms with Crippen molar-refractivity contribution in [3.05, 3.63) is 76.8 Å². The van der Waals surface area contributed by atoms with E-state index in [1.807, 2.05) is 24.3 Å². The summed E-state index contributed by atoms with van der Waals surface area (Å²) in [6.07, 6.45) is 1.64. The number of halogens is 2. The first-order chi connectivity index (χ1) is 11.6. The molecule has 2 aromatic carbocycles. The van der Waals surface area contributed by atoms with Gasteiger partial charge in [-0.3, -0.25) is 4.79 Å². The van der Waals surface area contributed by atoms with Crippen LogP contribution in [-0.2, 0) is 0 Å². The lowest BCUT2D eigenvalue weighted by Gasteiger charge is -2.11. The lowest BCUT2D eigenvalue weighted by Crippen LogP contribution is -2.23. The molecule has 0 fully saturated rings. The molecule has 0 bridgehead atoms. The molecule has 0 aliphatic heterocycles. The number of benzene rings is 2. The molecule has 5 heteroatoms. The van der Waals surface area contributed by atoms with Crippen molar-refractivity contribution in [3.63, 3.8) is 0 Å². The van der Waals surface area contributed by atoms with Gasteiger partial charge in [0.2, 0.25) is 0 Å². The molecule has 3 aromatic rings. The lowest BCUT2D eigenvalue weighted by molar-refractivity contribution is 0.0959. The molecule has 0 atom stereocenters. The summed E-state index contributed by atoms with van der Waals surface area (Å²) in [5.74, 6) is -0.181. The van der Waals surface area contributed by atoms with Crippen molar-refractivity contribution < 1.29 is 4.79 Å². The van der Waals surface area contributed by atoms with Crippen LogP contribution in [0.3, 0.4) is 0 Å². The number of para-hydroxylation sites is 1. The highest BCUT2D eigenvalue weighted by Crippen LogP contribution is 2.31. The largest absolute Gasteiger partial charge is 0.349 e. The van der Waals surface area contributed by atoms with Crippen LogP contribution in [0, 0.1) is 0 Å². The molecule has 24 heavy (non-hydrogen) atoms. The van der Waals surface area contributed by atoms with Crippen molar-refractivity contribution in [2.24, 2.45) is 0 Å². The van der Waals surface area contributed by atoms with Crippen molar-refractivity contribution in [1.29, 1.82) is 0 Å². The van der Waals surface area contributed by atoms with Crippen LogP contribution in [0.4, 0.5) is 0 Å². The number of aromatic nitrogens is 1. The fraction of sp³-hybridized carbons (Fsp3) is 0.0526. The van der Waals surface area contributed by atoms with E-state index in [1.54, 1.807) is 30.3 Å². The monoisotopic (exact) mass is 356 g/mol. The zero-order chi connectivity index (χ0) is 17.1. The zero-order valence-corrected chi connectivity index (χ0v) is 14.2. The van der Waals surface area contributed by atoms with E-state index < -0.39 is 0 Å². The highest BCUT2D eigenvalue weighted by Gasteiger charge is 2.14. The van der Waals surface area contributed by atoms with E-state index in [0.717, 1.165) is 16.5 Å². The number of nitrogens with zero attached hydrogens (tertiary/aromatic N) is 1. The predicted octanol–water partition coefficient (Wildman–Crippen LogP) is 5.12. The van der Waals surface area contributed by atoms with Crippen LogP contribution < -0.4 is 5.32 Å². The van der Waals surface area contributed by atoms with Crippen molar-refractivity contribution in [2.45, 2.75) is 0 Å². The summed E-state index contributed by atoms with van der Waals surface area (Å²) < 4.78 is 0. The number of carbonyl (C=O) groups excluding carboxylic acids is 1. The number of rotatable bonds is 4. The third kappa shape index (κ3) is 3.28. The Kier molecular flexibility index (Phi) is 4.84. The van der Waals surface area contributed by atoms with Crippen LogP contribution in [0.5, 0.6) is 0 Å². The molecular weight excluding hydrogens is 343 g/mol. The Morgan fingerprint density at radius 1 is 1.17 bits per heavy atom. The van der Waals surface area contributed by atoms with Gasteiger partial charge in [-0.05, 0) is 30.3 Å². The van der Waals surface area contributed by atoms with E-state index in [-0.39, 0.29) is 5.91 Å². The van der Waals surface area contributed by atoms with Crippen LogP contribution in [0.1, 0.15) is 10.4 Å². The van der Waals surface area contributed by atoms with E-state index in [4.69, 9.17) is 23.2 Å². The number of nitrogens with one attached hydrogen (secondary N) is 1. The molecule has 0 aliphatic rings. The Bertz CT molecular complexity index is 938. The first kappa shape index (κ1) is 16.5. The van der Waals surface area contributed by atoms with E-state index in [2.05, 4.69) is 16.9 Å². The van der Waals surface area contributed by atoms with E-state index in [0.29, 0.717) is 27.8 Å². The topological polar surface area (TPSA) is 42.0 Å².